The normalized spacial score (nSPS) is 14.8. The standard InChI is InChI=1S/C73H128O16P2/c1-4-7-10-13-16-19-22-25-27-29-31-33-35-37-39-42-44-47-50-53-56-59-71(76)83-62-68(74)63-85-90(79,80)86-64-69(75)65-87-91(81,82)88-67-70(89-73(78)61-58-55-52-49-46-41-24-21-18-15-12-9-6-3)66-84-72(77)60-57-54-51-48-45-43-40-38-36-34-32-30-28-26-23-20-17-14-11-8-5-2/h16-17,19-20,25-28,31-34,37-40,68-70,74-75H,4-15,18,21-24,29-30,35-36,41-67H2,1-3H3,(H,79,80)(H,81,82)/b19-16-,20-17-,27-25-,28-26-,33-31-,34-32-,39-37-,40-38-. The van der Waals surface area contributed by atoms with Crippen LogP contribution in [-0.4, -0.2) is 95.9 Å². The molecule has 0 radical (unpaired) electrons. The van der Waals surface area contributed by atoms with E-state index in [0.717, 1.165) is 128 Å². The minimum absolute atomic E-state index is 0.102. The third kappa shape index (κ3) is 67.7. The van der Waals surface area contributed by atoms with Gasteiger partial charge in [0.2, 0.25) is 0 Å². The summed E-state index contributed by atoms with van der Waals surface area (Å²) in [4.78, 5) is 58.4. The van der Waals surface area contributed by atoms with Gasteiger partial charge in [-0.05, 0) is 109 Å². The summed E-state index contributed by atoms with van der Waals surface area (Å²) in [6.07, 6.45) is 73.0. The van der Waals surface area contributed by atoms with Crippen molar-refractivity contribution in [3.63, 3.8) is 0 Å². The van der Waals surface area contributed by atoms with E-state index in [1.807, 2.05) is 0 Å². The van der Waals surface area contributed by atoms with Gasteiger partial charge in [-0.3, -0.25) is 32.5 Å². The molecular formula is C73H128O16P2. The van der Waals surface area contributed by atoms with Gasteiger partial charge in [-0.1, -0.05) is 259 Å². The molecule has 5 atom stereocenters. The lowest BCUT2D eigenvalue weighted by Gasteiger charge is -2.21. The molecule has 91 heavy (non-hydrogen) atoms. The summed E-state index contributed by atoms with van der Waals surface area (Å²) in [5.41, 5.74) is 0. The van der Waals surface area contributed by atoms with Gasteiger partial charge in [-0.15, -0.1) is 0 Å². The number of carbonyl (C=O) groups excluding carboxylic acids is 3. The largest absolute Gasteiger partial charge is 0.472 e. The molecule has 4 N–H and O–H groups in total. The fourth-order valence-corrected chi connectivity index (χ4v) is 10.9. The van der Waals surface area contributed by atoms with Gasteiger partial charge >= 0.3 is 33.6 Å². The Kier molecular flexibility index (Phi) is 63.9. The van der Waals surface area contributed by atoms with Crippen LogP contribution in [0.4, 0.5) is 0 Å². The molecule has 0 aromatic rings. The molecule has 0 aliphatic carbocycles. The number of ether oxygens (including phenoxy) is 3. The second-order valence-electron chi connectivity index (χ2n) is 23.7. The first kappa shape index (κ1) is 87.5. The van der Waals surface area contributed by atoms with Crippen molar-refractivity contribution >= 4 is 33.6 Å². The van der Waals surface area contributed by atoms with Crippen molar-refractivity contribution in [2.24, 2.45) is 0 Å². The van der Waals surface area contributed by atoms with Crippen LogP contribution < -0.4 is 0 Å². The summed E-state index contributed by atoms with van der Waals surface area (Å²) in [6.45, 7) is 2.58. The van der Waals surface area contributed by atoms with Gasteiger partial charge in [0.1, 0.15) is 25.4 Å². The number of rotatable bonds is 67. The first-order valence-electron chi connectivity index (χ1n) is 35.5. The molecule has 0 aromatic carbocycles. The van der Waals surface area contributed by atoms with Crippen molar-refractivity contribution in [2.45, 2.75) is 309 Å². The van der Waals surface area contributed by atoms with Gasteiger partial charge in [0, 0.05) is 19.3 Å². The number of hydrogen-bond donors (Lipinski definition) is 4. The van der Waals surface area contributed by atoms with E-state index in [9.17, 15) is 43.5 Å². The Labute approximate surface area is 552 Å². The molecule has 0 fully saturated rings. The molecule has 0 rings (SSSR count). The molecule has 526 valence electrons. The first-order chi connectivity index (χ1) is 44.2. The Morgan fingerprint density at radius 2 is 0.549 bits per heavy atom. The van der Waals surface area contributed by atoms with Crippen LogP contribution >= 0.6 is 15.6 Å². The number of phosphoric ester groups is 2. The lowest BCUT2D eigenvalue weighted by Crippen LogP contribution is -2.30. The minimum Gasteiger partial charge on any atom is -0.463 e. The van der Waals surface area contributed by atoms with E-state index < -0.39 is 91.5 Å². The van der Waals surface area contributed by atoms with E-state index in [1.54, 1.807) is 0 Å². The summed E-state index contributed by atoms with van der Waals surface area (Å²) in [5, 5.41) is 20.6. The summed E-state index contributed by atoms with van der Waals surface area (Å²) < 4.78 is 60.9. The average Bonchev–Trinajstić information content (AvgIpc) is 3.75. The Morgan fingerprint density at radius 1 is 0.308 bits per heavy atom. The number of phosphoric acid groups is 2. The van der Waals surface area contributed by atoms with Crippen molar-refractivity contribution in [3.05, 3.63) is 97.2 Å². The minimum atomic E-state index is -4.93. The van der Waals surface area contributed by atoms with Crippen LogP contribution in [0, 0.1) is 0 Å². The number of allylic oxidation sites excluding steroid dienone is 16. The highest BCUT2D eigenvalue weighted by Gasteiger charge is 2.29. The van der Waals surface area contributed by atoms with E-state index in [2.05, 4.69) is 118 Å². The molecule has 0 amide bonds. The third-order valence-electron chi connectivity index (χ3n) is 14.8. The molecule has 0 aliphatic rings. The maximum Gasteiger partial charge on any atom is 0.472 e. The van der Waals surface area contributed by atoms with Crippen molar-refractivity contribution in [1.29, 1.82) is 0 Å². The van der Waals surface area contributed by atoms with Crippen LogP contribution in [0.15, 0.2) is 97.2 Å². The van der Waals surface area contributed by atoms with E-state index >= 15 is 0 Å². The Morgan fingerprint density at radius 3 is 0.890 bits per heavy atom. The third-order valence-corrected chi connectivity index (χ3v) is 16.7. The van der Waals surface area contributed by atoms with E-state index in [-0.39, 0.29) is 19.3 Å². The number of aliphatic hydroxyl groups is 2. The van der Waals surface area contributed by atoms with Crippen molar-refractivity contribution < 1.29 is 75.8 Å². The summed E-state index contributed by atoms with van der Waals surface area (Å²) in [6, 6.07) is 0. The van der Waals surface area contributed by atoms with Gasteiger partial charge in [0.05, 0.1) is 26.4 Å². The second kappa shape index (κ2) is 66.5. The molecule has 0 spiro atoms. The molecular weight excluding hydrogens is 1190 g/mol. The van der Waals surface area contributed by atoms with E-state index in [0.29, 0.717) is 19.3 Å². The van der Waals surface area contributed by atoms with Gasteiger partial charge in [0.25, 0.3) is 0 Å². The fraction of sp³-hybridized carbons (Fsp3) is 0.740. The van der Waals surface area contributed by atoms with Gasteiger partial charge in [-0.25, -0.2) is 9.13 Å². The highest BCUT2D eigenvalue weighted by Crippen LogP contribution is 2.45. The number of aliphatic hydroxyl groups excluding tert-OH is 2. The zero-order valence-corrected chi connectivity index (χ0v) is 58.8. The van der Waals surface area contributed by atoms with Gasteiger partial charge in [0.15, 0.2) is 6.10 Å². The van der Waals surface area contributed by atoms with Crippen LogP contribution in [-0.2, 0) is 55.8 Å². The smallest absolute Gasteiger partial charge is 0.463 e. The molecule has 0 bridgehead atoms. The molecule has 5 unspecified atom stereocenters. The summed E-state index contributed by atoms with van der Waals surface area (Å²) >= 11 is 0. The fourth-order valence-electron chi connectivity index (χ4n) is 9.30. The van der Waals surface area contributed by atoms with Crippen molar-refractivity contribution in [3.8, 4) is 0 Å². The maximum absolute atomic E-state index is 12.9. The first-order valence-corrected chi connectivity index (χ1v) is 38.5. The highest BCUT2D eigenvalue weighted by atomic mass is 31.2. The molecule has 16 nitrogen and oxygen atoms in total. The van der Waals surface area contributed by atoms with Crippen LogP contribution in [0.5, 0.6) is 0 Å². The van der Waals surface area contributed by atoms with Crippen molar-refractivity contribution in [2.75, 3.05) is 39.6 Å². The molecule has 0 saturated carbocycles. The highest BCUT2D eigenvalue weighted by molar-refractivity contribution is 7.47. The predicted molar refractivity (Wildman–Crippen MR) is 371 cm³/mol. The van der Waals surface area contributed by atoms with E-state index in [1.165, 1.54) is 103 Å². The van der Waals surface area contributed by atoms with E-state index in [4.69, 9.17) is 32.3 Å². The average molecular weight is 1320 g/mol. The molecule has 0 aliphatic heterocycles. The topological polar surface area (TPSA) is 231 Å². The molecule has 0 saturated heterocycles. The molecule has 0 aromatic heterocycles. The van der Waals surface area contributed by atoms with Gasteiger partial charge < -0.3 is 34.2 Å². The monoisotopic (exact) mass is 1320 g/mol. The number of unbranched alkanes of at least 4 members (excludes halogenated alkanes) is 28. The number of hydrogen-bond acceptors (Lipinski definition) is 14. The van der Waals surface area contributed by atoms with Crippen LogP contribution in [0.1, 0.15) is 290 Å². The lowest BCUT2D eigenvalue weighted by molar-refractivity contribution is -0.161. The molecule has 0 heterocycles. The molecule has 18 heteroatoms. The predicted octanol–water partition coefficient (Wildman–Crippen LogP) is 19.9. The quantitative estimate of drug-likeness (QED) is 0.0146. The number of carbonyl (C=O) groups is 3. The Hall–Kier alpha value is -3.53. The van der Waals surface area contributed by atoms with Gasteiger partial charge in [-0.2, -0.15) is 0 Å². The van der Waals surface area contributed by atoms with Crippen molar-refractivity contribution in [1.82, 2.24) is 0 Å². The van der Waals surface area contributed by atoms with Crippen LogP contribution in [0.2, 0.25) is 0 Å². The SMILES string of the molecule is CCCCC/C=C\C/C=C\C/C=C\C/C=C\CCCCCCCC(=O)OCC(O)COP(=O)(O)OCC(O)COP(=O)(O)OCC(COC(=O)CCCCCCC/C=C\C/C=C\C/C=C\C/C=C\CCCCC)OC(=O)CCCCCCCCCCCCCCC. The zero-order valence-electron chi connectivity index (χ0n) is 57.0. The Balaban J connectivity index is 4.66. The van der Waals surface area contributed by atoms with Crippen LogP contribution in [0.3, 0.4) is 0 Å². The lowest BCUT2D eigenvalue weighted by atomic mass is 10.0. The second-order valence-corrected chi connectivity index (χ2v) is 26.6. The summed E-state index contributed by atoms with van der Waals surface area (Å²) in [5.74, 6) is -1.61. The zero-order chi connectivity index (χ0) is 66.7. The van der Waals surface area contributed by atoms with Crippen LogP contribution in [0.25, 0.3) is 0 Å². The number of esters is 3. The maximum atomic E-state index is 12.9. The summed E-state index contributed by atoms with van der Waals surface area (Å²) in [7, 11) is -9.78. The Bertz CT molecular complexity index is 2050.